The molecule has 3 heteroatoms. The summed E-state index contributed by atoms with van der Waals surface area (Å²) in [5, 5.41) is 1.41. The Balaban J connectivity index is 1.50. The molecule has 2 nitrogen and oxygen atoms in total. The van der Waals surface area contributed by atoms with Crippen LogP contribution in [0.5, 0.6) is 0 Å². The third-order valence-electron chi connectivity index (χ3n) is 5.86. The third kappa shape index (κ3) is 3.11. The summed E-state index contributed by atoms with van der Waals surface area (Å²) in [6.45, 7) is 1.40. The lowest BCUT2D eigenvalue weighted by molar-refractivity contribution is -0.689. The lowest BCUT2D eigenvalue weighted by Gasteiger charge is -2.16. The molecule has 5 rings (SSSR count). The van der Waals surface area contributed by atoms with Crippen LogP contribution in [0.2, 0.25) is 0 Å². The summed E-state index contributed by atoms with van der Waals surface area (Å²) in [6.07, 6.45) is 9.06. The van der Waals surface area contributed by atoms with Crippen molar-refractivity contribution in [2.45, 2.75) is 38.8 Å². The highest BCUT2D eigenvalue weighted by atomic mass is 19.1. The number of aryl methyl sites for hydroxylation is 1. The van der Waals surface area contributed by atoms with Crippen LogP contribution >= 0.6 is 0 Å². The highest BCUT2D eigenvalue weighted by Crippen LogP contribution is 2.32. The van der Waals surface area contributed by atoms with Crippen LogP contribution in [0, 0.1) is 5.82 Å². The number of fused-ring (bicyclic) bond motifs is 3. The van der Waals surface area contributed by atoms with Gasteiger partial charge in [-0.15, -0.1) is 0 Å². The van der Waals surface area contributed by atoms with Crippen molar-refractivity contribution in [2.75, 3.05) is 0 Å². The third-order valence-corrected chi connectivity index (χ3v) is 5.86. The van der Waals surface area contributed by atoms with E-state index < -0.39 is 0 Å². The molecule has 2 aromatic heterocycles. The molecule has 0 atom stereocenters. The summed E-state index contributed by atoms with van der Waals surface area (Å²) >= 11 is 0. The predicted octanol–water partition coefficient (Wildman–Crippen LogP) is 5.04. The van der Waals surface area contributed by atoms with E-state index in [4.69, 9.17) is 0 Å². The number of benzene rings is 2. The van der Waals surface area contributed by atoms with Crippen LogP contribution in [0.4, 0.5) is 4.39 Å². The Hall–Kier alpha value is -2.94. The summed E-state index contributed by atoms with van der Waals surface area (Å²) in [6, 6.07) is 20.0. The van der Waals surface area contributed by atoms with Crippen molar-refractivity contribution in [3.05, 3.63) is 101 Å². The van der Waals surface area contributed by atoms with Crippen molar-refractivity contribution >= 4 is 10.9 Å². The van der Waals surface area contributed by atoms with E-state index >= 15 is 0 Å². The molecule has 0 fully saturated rings. The second-order valence-electron chi connectivity index (χ2n) is 7.71. The van der Waals surface area contributed by atoms with Crippen LogP contribution in [-0.4, -0.2) is 4.57 Å². The lowest BCUT2D eigenvalue weighted by Crippen LogP contribution is -2.34. The van der Waals surface area contributed by atoms with Gasteiger partial charge in [0.1, 0.15) is 5.82 Å². The number of para-hydroxylation sites is 1. The van der Waals surface area contributed by atoms with Gasteiger partial charge in [-0.05, 0) is 55.5 Å². The second kappa shape index (κ2) is 7.23. The molecule has 0 unspecified atom stereocenters. The van der Waals surface area contributed by atoms with E-state index in [1.165, 1.54) is 53.1 Å². The molecule has 0 N–H and O–H groups in total. The van der Waals surface area contributed by atoms with Gasteiger partial charge in [0.25, 0.3) is 0 Å². The molecule has 1 aliphatic carbocycles. The Labute approximate surface area is 164 Å². The summed E-state index contributed by atoms with van der Waals surface area (Å²) in [5.41, 5.74) is 6.33. The molecule has 2 aromatic carbocycles. The van der Waals surface area contributed by atoms with Gasteiger partial charge in [-0.2, -0.15) is 0 Å². The molecule has 28 heavy (non-hydrogen) atoms. The number of pyridine rings is 1. The van der Waals surface area contributed by atoms with E-state index in [1.54, 1.807) is 6.07 Å². The van der Waals surface area contributed by atoms with Crippen molar-refractivity contribution in [1.29, 1.82) is 0 Å². The fourth-order valence-corrected chi connectivity index (χ4v) is 4.54. The fourth-order valence-electron chi connectivity index (χ4n) is 4.54. The lowest BCUT2D eigenvalue weighted by atomic mass is 9.95. The van der Waals surface area contributed by atoms with Gasteiger partial charge in [0, 0.05) is 28.2 Å². The predicted molar refractivity (Wildman–Crippen MR) is 110 cm³/mol. The van der Waals surface area contributed by atoms with Crippen molar-refractivity contribution in [1.82, 2.24) is 4.57 Å². The van der Waals surface area contributed by atoms with Crippen LogP contribution in [0.25, 0.3) is 10.9 Å². The molecule has 0 radical (unpaired) electrons. The number of nitrogens with zero attached hydrogens (tertiary/aromatic N) is 2. The Morgan fingerprint density at radius 3 is 2.64 bits per heavy atom. The maximum absolute atomic E-state index is 14.0. The number of halogens is 1. The van der Waals surface area contributed by atoms with Gasteiger partial charge >= 0.3 is 0 Å². The molecule has 2 heterocycles. The number of rotatable bonds is 4. The molecular weight excluding hydrogens is 347 g/mol. The molecule has 4 aromatic rings. The Morgan fingerprint density at radius 2 is 1.71 bits per heavy atom. The first-order chi connectivity index (χ1) is 13.8. The van der Waals surface area contributed by atoms with Crippen LogP contribution in [0.15, 0.2) is 73.1 Å². The van der Waals surface area contributed by atoms with Crippen LogP contribution in [-0.2, 0) is 25.9 Å². The van der Waals surface area contributed by atoms with E-state index in [-0.39, 0.29) is 5.82 Å². The monoisotopic (exact) mass is 371 g/mol. The van der Waals surface area contributed by atoms with E-state index in [0.29, 0.717) is 12.1 Å². The highest BCUT2D eigenvalue weighted by Gasteiger charge is 2.20. The smallest absolute Gasteiger partial charge is 0.176 e. The zero-order valence-electron chi connectivity index (χ0n) is 15.9. The molecule has 0 saturated carbocycles. The van der Waals surface area contributed by atoms with Gasteiger partial charge in [0.2, 0.25) is 0 Å². The van der Waals surface area contributed by atoms with Crippen molar-refractivity contribution in [3.8, 4) is 0 Å². The molecule has 0 spiro atoms. The van der Waals surface area contributed by atoms with Gasteiger partial charge in [-0.3, -0.25) is 0 Å². The minimum atomic E-state index is -0.147. The van der Waals surface area contributed by atoms with E-state index in [1.807, 2.05) is 18.3 Å². The Bertz CT molecular complexity index is 1140. The van der Waals surface area contributed by atoms with Gasteiger partial charge < -0.3 is 4.57 Å². The minimum Gasteiger partial charge on any atom is -0.340 e. The molecular formula is C25H24FN2+. The zero-order chi connectivity index (χ0) is 18.9. The SMILES string of the molecule is Fc1ccccc1C[n+]1cccc(Cn2c3c(c4ccccc42)CCCC3)c1. The fraction of sp³-hybridized carbons (Fsp3) is 0.240. The molecule has 0 saturated heterocycles. The molecule has 0 amide bonds. The largest absolute Gasteiger partial charge is 0.340 e. The number of aromatic nitrogens is 2. The maximum Gasteiger partial charge on any atom is 0.176 e. The molecule has 0 bridgehead atoms. The van der Waals surface area contributed by atoms with Crippen molar-refractivity contribution < 1.29 is 8.96 Å². The molecule has 140 valence electrons. The van der Waals surface area contributed by atoms with Gasteiger partial charge in [-0.1, -0.05) is 30.3 Å². The van der Waals surface area contributed by atoms with Gasteiger partial charge in [-0.25, -0.2) is 8.96 Å². The average molecular weight is 371 g/mol. The Kier molecular flexibility index (Phi) is 4.44. The highest BCUT2D eigenvalue weighted by molar-refractivity contribution is 5.86. The summed E-state index contributed by atoms with van der Waals surface area (Å²) in [5.74, 6) is -0.147. The van der Waals surface area contributed by atoms with Crippen molar-refractivity contribution in [3.63, 3.8) is 0 Å². The first kappa shape index (κ1) is 17.2. The summed E-state index contributed by atoms with van der Waals surface area (Å²) in [7, 11) is 0. The quantitative estimate of drug-likeness (QED) is 0.444. The average Bonchev–Trinajstić information content (AvgIpc) is 3.04. The normalized spacial score (nSPS) is 13.6. The minimum absolute atomic E-state index is 0.147. The Morgan fingerprint density at radius 1 is 0.893 bits per heavy atom. The van der Waals surface area contributed by atoms with E-state index in [0.717, 1.165) is 13.0 Å². The molecule has 0 aliphatic heterocycles. The van der Waals surface area contributed by atoms with Crippen molar-refractivity contribution in [2.24, 2.45) is 0 Å². The summed E-state index contributed by atoms with van der Waals surface area (Å²) < 4.78 is 18.6. The zero-order valence-corrected chi connectivity index (χ0v) is 15.9. The van der Waals surface area contributed by atoms with E-state index in [2.05, 4.69) is 51.7 Å². The first-order valence-corrected chi connectivity index (χ1v) is 10.1. The number of hydrogen-bond acceptors (Lipinski definition) is 0. The first-order valence-electron chi connectivity index (χ1n) is 10.1. The van der Waals surface area contributed by atoms with E-state index in [9.17, 15) is 4.39 Å². The summed E-state index contributed by atoms with van der Waals surface area (Å²) in [4.78, 5) is 0. The van der Waals surface area contributed by atoms with Gasteiger partial charge in [0.05, 0.1) is 12.1 Å². The molecule has 1 aliphatic rings. The topological polar surface area (TPSA) is 8.81 Å². The maximum atomic E-state index is 14.0. The van der Waals surface area contributed by atoms with Gasteiger partial charge in [0.15, 0.2) is 18.9 Å². The number of hydrogen-bond donors (Lipinski definition) is 0. The van der Waals surface area contributed by atoms with Crippen LogP contribution in [0.3, 0.4) is 0 Å². The standard InChI is InChI=1S/C25H24FN2/c26-23-12-4-1-9-20(23)18-27-15-7-8-19(16-27)17-28-24-13-5-2-10-21(24)22-11-3-6-14-25(22)28/h1-2,4-5,7-10,12-13,15-16H,3,6,11,14,17-18H2/q+1. The van der Waals surface area contributed by atoms with Crippen LogP contribution in [0.1, 0.15) is 35.2 Å². The second-order valence-corrected chi connectivity index (χ2v) is 7.71. The van der Waals surface area contributed by atoms with Crippen LogP contribution < -0.4 is 4.57 Å².